The molecule has 0 fully saturated rings. The van der Waals surface area contributed by atoms with Crippen molar-refractivity contribution in [2.75, 3.05) is 0 Å². The summed E-state index contributed by atoms with van der Waals surface area (Å²) >= 11 is 0. The summed E-state index contributed by atoms with van der Waals surface area (Å²) in [5.74, 6) is -1.21. The molecule has 4 aromatic rings. The topological polar surface area (TPSA) is 77.1 Å². The molecule has 0 amide bonds. The number of rotatable bonds is 3. The van der Waals surface area contributed by atoms with Crippen molar-refractivity contribution in [1.29, 1.82) is 0 Å². The summed E-state index contributed by atoms with van der Waals surface area (Å²) in [7, 11) is 0. The van der Waals surface area contributed by atoms with Crippen molar-refractivity contribution >= 4 is 5.97 Å². The fourth-order valence-electron chi connectivity index (χ4n) is 4.13. The number of hydrogen-bond donors (Lipinski definition) is 1. The molecule has 1 aliphatic rings. The number of carboxylic acid groups (broad SMARTS) is 1. The number of fused-ring (bicyclic) bond motifs is 3. The van der Waals surface area contributed by atoms with Gasteiger partial charge in [-0.3, -0.25) is 9.48 Å². The monoisotopic (exact) mass is 397 g/mol. The van der Waals surface area contributed by atoms with Crippen molar-refractivity contribution in [3.05, 3.63) is 88.7 Å². The first-order valence-corrected chi connectivity index (χ1v) is 9.76. The van der Waals surface area contributed by atoms with Crippen molar-refractivity contribution in [1.82, 2.24) is 14.3 Å². The van der Waals surface area contributed by atoms with Crippen LogP contribution in [0.1, 0.15) is 23.3 Å². The van der Waals surface area contributed by atoms with Crippen LogP contribution < -0.4 is 5.43 Å². The van der Waals surface area contributed by atoms with E-state index in [9.17, 15) is 14.7 Å². The maximum absolute atomic E-state index is 12.5. The van der Waals surface area contributed by atoms with Crippen molar-refractivity contribution < 1.29 is 9.90 Å². The van der Waals surface area contributed by atoms with Crippen molar-refractivity contribution in [2.45, 2.75) is 19.5 Å². The third kappa shape index (κ3) is 2.76. The summed E-state index contributed by atoms with van der Waals surface area (Å²) in [6.07, 6.45) is 1.46. The smallest absolute Gasteiger partial charge is 0.341 e. The lowest BCUT2D eigenvalue weighted by Crippen LogP contribution is -2.27. The molecule has 0 bridgehead atoms. The Labute approximate surface area is 172 Å². The molecular weight excluding hydrogens is 378 g/mol. The summed E-state index contributed by atoms with van der Waals surface area (Å²) in [6, 6.07) is 21.3. The Morgan fingerprint density at radius 1 is 1.03 bits per heavy atom. The average molecular weight is 397 g/mol. The molecule has 0 saturated carbocycles. The zero-order valence-electron chi connectivity index (χ0n) is 16.3. The lowest BCUT2D eigenvalue weighted by molar-refractivity contribution is 0.0694. The van der Waals surface area contributed by atoms with E-state index in [-0.39, 0.29) is 11.6 Å². The highest BCUT2D eigenvalue weighted by Gasteiger charge is 2.30. The van der Waals surface area contributed by atoms with Gasteiger partial charge in [0, 0.05) is 23.4 Å². The SMILES string of the molecule is C[C@@H]1Cn2nc(-c3ccccc3)c(-c3ccccc3)c2-c2cc(=O)c(C(=O)O)cn21. The number of carboxylic acids is 1. The Bertz CT molecular complexity index is 1320. The molecule has 0 radical (unpaired) electrons. The normalized spacial score (nSPS) is 14.8. The number of nitrogens with zero attached hydrogens (tertiary/aromatic N) is 3. The summed E-state index contributed by atoms with van der Waals surface area (Å²) in [5.41, 5.74) is 4.54. The van der Waals surface area contributed by atoms with Crippen LogP contribution in [-0.4, -0.2) is 25.4 Å². The van der Waals surface area contributed by atoms with E-state index in [2.05, 4.69) is 0 Å². The van der Waals surface area contributed by atoms with Gasteiger partial charge in [-0.25, -0.2) is 4.79 Å². The molecule has 0 saturated heterocycles. The quantitative estimate of drug-likeness (QED) is 0.559. The highest BCUT2D eigenvalue weighted by Crippen LogP contribution is 2.42. The second-order valence-corrected chi connectivity index (χ2v) is 7.48. The number of aromatic nitrogens is 3. The van der Waals surface area contributed by atoms with Crippen LogP contribution in [0.3, 0.4) is 0 Å². The highest BCUT2D eigenvalue weighted by molar-refractivity contribution is 5.92. The number of carbonyl (C=O) groups is 1. The summed E-state index contributed by atoms with van der Waals surface area (Å²) < 4.78 is 3.81. The second-order valence-electron chi connectivity index (χ2n) is 7.48. The minimum atomic E-state index is -1.21. The van der Waals surface area contributed by atoms with Gasteiger partial charge in [0.2, 0.25) is 0 Å². The van der Waals surface area contributed by atoms with Crippen LogP contribution in [0.15, 0.2) is 77.7 Å². The molecule has 5 rings (SSSR count). The van der Waals surface area contributed by atoms with Gasteiger partial charge in [-0.1, -0.05) is 60.7 Å². The van der Waals surface area contributed by atoms with Crippen molar-refractivity contribution in [3.8, 4) is 33.8 Å². The maximum Gasteiger partial charge on any atom is 0.341 e. The third-order valence-electron chi connectivity index (χ3n) is 5.53. The molecule has 2 aromatic carbocycles. The van der Waals surface area contributed by atoms with Crippen LogP contribution in [0.5, 0.6) is 0 Å². The predicted molar refractivity (Wildman–Crippen MR) is 114 cm³/mol. The number of hydrogen-bond acceptors (Lipinski definition) is 3. The molecular formula is C24H19N3O3. The van der Waals surface area contributed by atoms with E-state index in [4.69, 9.17) is 5.10 Å². The zero-order chi connectivity index (χ0) is 20.8. The third-order valence-corrected chi connectivity index (χ3v) is 5.53. The molecule has 3 heterocycles. The van der Waals surface area contributed by atoms with E-state index in [1.807, 2.05) is 76.8 Å². The largest absolute Gasteiger partial charge is 0.477 e. The predicted octanol–water partition coefficient (Wildman–Crippen LogP) is 4.32. The Kier molecular flexibility index (Phi) is 4.13. The molecule has 30 heavy (non-hydrogen) atoms. The van der Waals surface area contributed by atoms with Gasteiger partial charge in [0.05, 0.1) is 24.0 Å². The number of aromatic carboxylic acids is 1. The van der Waals surface area contributed by atoms with E-state index >= 15 is 0 Å². The molecule has 0 aliphatic carbocycles. The number of benzene rings is 2. The Balaban J connectivity index is 1.86. The highest BCUT2D eigenvalue weighted by atomic mass is 16.4. The minimum Gasteiger partial charge on any atom is -0.477 e. The molecule has 0 spiro atoms. The van der Waals surface area contributed by atoms with Crippen LogP contribution >= 0.6 is 0 Å². The summed E-state index contributed by atoms with van der Waals surface area (Å²) in [6.45, 7) is 2.57. The first-order valence-electron chi connectivity index (χ1n) is 9.76. The molecule has 1 atom stereocenters. The van der Waals surface area contributed by atoms with Crippen LogP contribution in [0.25, 0.3) is 33.8 Å². The molecule has 2 aromatic heterocycles. The average Bonchev–Trinajstić information content (AvgIpc) is 3.14. The maximum atomic E-state index is 12.5. The molecule has 0 unspecified atom stereocenters. The number of pyridine rings is 1. The van der Waals surface area contributed by atoms with Gasteiger partial charge in [0.1, 0.15) is 11.3 Å². The van der Waals surface area contributed by atoms with Gasteiger partial charge in [-0.2, -0.15) is 5.10 Å². The van der Waals surface area contributed by atoms with Gasteiger partial charge in [0.25, 0.3) is 0 Å². The second kappa shape index (κ2) is 6.84. The Morgan fingerprint density at radius 3 is 2.30 bits per heavy atom. The van der Waals surface area contributed by atoms with E-state index in [1.165, 1.54) is 12.3 Å². The lowest BCUT2D eigenvalue weighted by atomic mass is 9.96. The van der Waals surface area contributed by atoms with Crippen LogP contribution in [0.2, 0.25) is 0 Å². The summed E-state index contributed by atoms with van der Waals surface area (Å²) in [4.78, 5) is 24.1. The Morgan fingerprint density at radius 2 is 1.67 bits per heavy atom. The molecule has 6 nitrogen and oxygen atoms in total. The molecule has 1 N–H and O–H groups in total. The van der Waals surface area contributed by atoms with E-state index < -0.39 is 11.4 Å². The van der Waals surface area contributed by atoms with Gasteiger partial charge >= 0.3 is 5.97 Å². The molecule has 148 valence electrons. The van der Waals surface area contributed by atoms with Gasteiger partial charge in [0.15, 0.2) is 5.43 Å². The van der Waals surface area contributed by atoms with Crippen LogP contribution in [0, 0.1) is 0 Å². The zero-order valence-corrected chi connectivity index (χ0v) is 16.3. The molecule has 6 heteroatoms. The van der Waals surface area contributed by atoms with E-state index in [0.717, 1.165) is 28.1 Å². The van der Waals surface area contributed by atoms with Gasteiger partial charge < -0.3 is 9.67 Å². The Hall–Kier alpha value is -3.93. The fraction of sp³-hybridized carbons (Fsp3) is 0.125. The van der Waals surface area contributed by atoms with E-state index in [1.54, 1.807) is 0 Å². The van der Waals surface area contributed by atoms with Crippen molar-refractivity contribution in [2.24, 2.45) is 0 Å². The van der Waals surface area contributed by atoms with Crippen LogP contribution in [-0.2, 0) is 6.54 Å². The fourth-order valence-corrected chi connectivity index (χ4v) is 4.13. The van der Waals surface area contributed by atoms with Gasteiger partial charge in [-0.15, -0.1) is 0 Å². The first kappa shape index (κ1) is 18.1. The van der Waals surface area contributed by atoms with Gasteiger partial charge in [-0.05, 0) is 12.5 Å². The summed E-state index contributed by atoms with van der Waals surface area (Å²) in [5, 5.41) is 14.3. The minimum absolute atomic E-state index is 0.0432. The standard InChI is InChI=1S/C24H19N3O3/c1-15-13-27-23(19-12-20(28)18(24(29)30)14-26(15)19)21(16-8-4-2-5-9-16)22(25-27)17-10-6-3-7-11-17/h2-12,14-15H,13H2,1H3,(H,29,30)/t15-/m1/s1. The van der Waals surface area contributed by atoms with E-state index in [0.29, 0.717) is 12.2 Å². The van der Waals surface area contributed by atoms with Crippen LogP contribution in [0.4, 0.5) is 0 Å². The van der Waals surface area contributed by atoms with Crippen molar-refractivity contribution in [3.63, 3.8) is 0 Å². The first-order chi connectivity index (χ1) is 14.5. The lowest BCUT2D eigenvalue weighted by Gasteiger charge is -2.27. The molecule has 1 aliphatic heterocycles.